The molecule has 1 aliphatic carbocycles. The molecule has 3 aromatic rings. The van der Waals surface area contributed by atoms with Gasteiger partial charge in [0, 0.05) is 24.7 Å². The lowest BCUT2D eigenvalue weighted by Gasteiger charge is -2.31. The van der Waals surface area contributed by atoms with Crippen LogP contribution in [0.3, 0.4) is 0 Å². The average molecular weight is 517 g/mol. The summed E-state index contributed by atoms with van der Waals surface area (Å²) in [5.74, 6) is 2.14. The number of aryl methyl sites for hydroxylation is 1. The number of carbonyl (C=O) groups is 2. The number of fused-ring (bicyclic) bond motifs is 1. The normalized spacial score (nSPS) is 14.3. The molecule has 38 heavy (non-hydrogen) atoms. The fraction of sp³-hybridized carbons (Fsp3) is 0.355. The minimum atomic E-state index is -0.181. The van der Waals surface area contributed by atoms with Crippen LogP contribution in [0.2, 0.25) is 0 Å². The third-order valence-corrected chi connectivity index (χ3v) is 7.02. The molecule has 1 unspecified atom stereocenters. The SMILES string of the molecule is CCNC(=O)COc1ccc(C(=O)N(CC)c2cc(OC)ccc2C2CCc3cc(OC)ccc3C2)cc1. The number of ether oxygens (including phenoxy) is 3. The van der Waals surface area contributed by atoms with E-state index >= 15 is 0 Å². The number of methoxy groups -OCH3 is 2. The van der Waals surface area contributed by atoms with Crippen molar-refractivity contribution < 1.29 is 23.8 Å². The first-order valence-corrected chi connectivity index (χ1v) is 13.1. The summed E-state index contributed by atoms with van der Waals surface area (Å²) in [7, 11) is 3.33. The van der Waals surface area contributed by atoms with E-state index in [1.807, 2.05) is 36.9 Å². The molecule has 0 saturated carbocycles. The quantitative estimate of drug-likeness (QED) is 0.403. The van der Waals surface area contributed by atoms with Crippen molar-refractivity contribution in [2.45, 2.75) is 39.0 Å². The molecule has 0 saturated heterocycles. The van der Waals surface area contributed by atoms with Crippen molar-refractivity contribution in [2.24, 2.45) is 0 Å². The Morgan fingerprint density at radius 2 is 1.58 bits per heavy atom. The number of benzene rings is 3. The van der Waals surface area contributed by atoms with E-state index in [0.717, 1.165) is 36.3 Å². The van der Waals surface area contributed by atoms with Gasteiger partial charge in [-0.2, -0.15) is 0 Å². The summed E-state index contributed by atoms with van der Waals surface area (Å²) in [6.45, 7) is 4.84. The minimum absolute atomic E-state index is 0.0628. The third kappa shape index (κ3) is 6.10. The monoisotopic (exact) mass is 516 g/mol. The molecule has 200 valence electrons. The van der Waals surface area contributed by atoms with E-state index in [1.54, 1.807) is 38.5 Å². The van der Waals surface area contributed by atoms with Gasteiger partial charge >= 0.3 is 0 Å². The molecule has 0 spiro atoms. The Balaban J connectivity index is 1.58. The van der Waals surface area contributed by atoms with Gasteiger partial charge in [0.05, 0.1) is 19.9 Å². The standard InChI is InChI=1S/C31H36N2O5/c1-5-32-30(34)20-38-25-12-9-21(10-13-25)31(35)33(6-2)29-19-27(37-4)15-16-28(29)24-8-7-23-18-26(36-3)14-11-22(23)17-24/h9-16,18-19,24H,5-8,17,20H2,1-4H3,(H,32,34). The first-order chi connectivity index (χ1) is 18.5. The van der Waals surface area contributed by atoms with Crippen LogP contribution in [0.4, 0.5) is 5.69 Å². The van der Waals surface area contributed by atoms with Crippen LogP contribution >= 0.6 is 0 Å². The molecule has 0 fully saturated rings. The zero-order chi connectivity index (χ0) is 27.1. The third-order valence-electron chi connectivity index (χ3n) is 7.02. The van der Waals surface area contributed by atoms with Crippen molar-refractivity contribution in [1.29, 1.82) is 0 Å². The number of rotatable bonds is 10. The van der Waals surface area contributed by atoms with Crippen LogP contribution in [-0.4, -0.2) is 45.7 Å². The zero-order valence-corrected chi connectivity index (χ0v) is 22.6. The lowest BCUT2D eigenvalue weighted by Crippen LogP contribution is -2.32. The zero-order valence-electron chi connectivity index (χ0n) is 22.6. The summed E-state index contributed by atoms with van der Waals surface area (Å²) < 4.78 is 16.5. The summed E-state index contributed by atoms with van der Waals surface area (Å²) >= 11 is 0. The van der Waals surface area contributed by atoms with Crippen molar-refractivity contribution in [3.05, 3.63) is 82.9 Å². The number of hydrogen-bond donors (Lipinski definition) is 1. The topological polar surface area (TPSA) is 77.1 Å². The van der Waals surface area contributed by atoms with Crippen molar-refractivity contribution >= 4 is 17.5 Å². The molecule has 0 aliphatic heterocycles. The average Bonchev–Trinajstić information content (AvgIpc) is 2.96. The van der Waals surface area contributed by atoms with Crippen LogP contribution in [0, 0.1) is 0 Å². The number of carbonyl (C=O) groups excluding carboxylic acids is 2. The molecular weight excluding hydrogens is 480 g/mol. The van der Waals surface area contributed by atoms with Gasteiger partial charge in [0.2, 0.25) is 0 Å². The van der Waals surface area contributed by atoms with E-state index in [-0.39, 0.29) is 24.3 Å². The molecule has 3 aromatic carbocycles. The summed E-state index contributed by atoms with van der Waals surface area (Å²) in [6, 6.07) is 19.3. The summed E-state index contributed by atoms with van der Waals surface area (Å²) in [5.41, 5.74) is 5.21. The number of nitrogens with one attached hydrogen (secondary N) is 1. The van der Waals surface area contributed by atoms with E-state index in [9.17, 15) is 9.59 Å². The predicted molar refractivity (Wildman–Crippen MR) is 149 cm³/mol. The Hall–Kier alpha value is -4.00. The Morgan fingerprint density at radius 1 is 0.895 bits per heavy atom. The largest absolute Gasteiger partial charge is 0.497 e. The number of anilines is 1. The molecule has 0 bridgehead atoms. The molecule has 2 amide bonds. The van der Waals surface area contributed by atoms with Gasteiger partial charge in [-0.1, -0.05) is 12.1 Å². The van der Waals surface area contributed by atoms with E-state index in [1.165, 1.54) is 11.1 Å². The highest BCUT2D eigenvalue weighted by atomic mass is 16.5. The predicted octanol–water partition coefficient (Wildman–Crippen LogP) is 5.16. The van der Waals surface area contributed by atoms with Crippen molar-refractivity contribution in [2.75, 3.05) is 38.8 Å². The number of hydrogen-bond acceptors (Lipinski definition) is 5. The number of amides is 2. The van der Waals surface area contributed by atoms with Crippen LogP contribution in [0.15, 0.2) is 60.7 Å². The van der Waals surface area contributed by atoms with Crippen molar-refractivity contribution in [1.82, 2.24) is 5.32 Å². The van der Waals surface area contributed by atoms with Gasteiger partial charge in [0.15, 0.2) is 6.61 Å². The lowest BCUT2D eigenvalue weighted by atomic mass is 9.79. The second-order valence-corrected chi connectivity index (χ2v) is 9.32. The van der Waals surface area contributed by atoms with Gasteiger partial charge in [-0.3, -0.25) is 9.59 Å². The smallest absolute Gasteiger partial charge is 0.258 e. The van der Waals surface area contributed by atoms with Gasteiger partial charge in [-0.25, -0.2) is 0 Å². The van der Waals surface area contributed by atoms with Crippen LogP contribution in [0.1, 0.15) is 53.2 Å². The molecule has 7 nitrogen and oxygen atoms in total. The Labute approximate surface area is 224 Å². The van der Waals surface area contributed by atoms with E-state index in [4.69, 9.17) is 14.2 Å². The fourth-order valence-electron chi connectivity index (χ4n) is 5.02. The van der Waals surface area contributed by atoms with Crippen LogP contribution in [0.5, 0.6) is 17.2 Å². The highest BCUT2D eigenvalue weighted by Crippen LogP contribution is 2.40. The Bertz CT molecular complexity index is 1270. The summed E-state index contributed by atoms with van der Waals surface area (Å²) in [6.07, 6.45) is 2.85. The van der Waals surface area contributed by atoms with Crippen molar-refractivity contribution in [3.63, 3.8) is 0 Å². The highest BCUT2D eigenvalue weighted by Gasteiger charge is 2.27. The van der Waals surface area contributed by atoms with Gasteiger partial charge in [0.25, 0.3) is 11.8 Å². The van der Waals surface area contributed by atoms with Crippen LogP contribution in [-0.2, 0) is 17.6 Å². The molecule has 1 N–H and O–H groups in total. The fourth-order valence-corrected chi connectivity index (χ4v) is 5.02. The maximum Gasteiger partial charge on any atom is 0.258 e. The van der Waals surface area contributed by atoms with Gasteiger partial charge in [-0.15, -0.1) is 0 Å². The first kappa shape index (κ1) is 27.0. The molecule has 1 aliphatic rings. The minimum Gasteiger partial charge on any atom is -0.497 e. The van der Waals surface area contributed by atoms with E-state index < -0.39 is 0 Å². The van der Waals surface area contributed by atoms with E-state index in [2.05, 4.69) is 23.5 Å². The molecular formula is C31H36N2O5. The second kappa shape index (κ2) is 12.5. The molecule has 0 aromatic heterocycles. The molecule has 0 heterocycles. The van der Waals surface area contributed by atoms with E-state index in [0.29, 0.717) is 30.2 Å². The second-order valence-electron chi connectivity index (χ2n) is 9.32. The van der Waals surface area contributed by atoms with Crippen LogP contribution in [0.25, 0.3) is 0 Å². The Kier molecular flexibility index (Phi) is 8.89. The van der Waals surface area contributed by atoms with Gasteiger partial charge < -0.3 is 24.4 Å². The van der Waals surface area contributed by atoms with Crippen molar-refractivity contribution in [3.8, 4) is 17.2 Å². The molecule has 7 heteroatoms. The molecule has 4 rings (SSSR count). The number of likely N-dealkylation sites (N-methyl/N-ethyl adjacent to an activating group) is 1. The maximum atomic E-state index is 13.7. The highest BCUT2D eigenvalue weighted by molar-refractivity contribution is 6.06. The Morgan fingerprint density at radius 3 is 2.26 bits per heavy atom. The van der Waals surface area contributed by atoms with Gasteiger partial charge in [0.1, 0.15) is 17.2 Å². The lowest BCUT2D eigenvalue weighted by molar-refractivity contribution is -0.122. The first-order valence-electron chi connectivity index (χ1n) is 13.1. The van der Waals surface area contributed by atoms with Gasteiger partial charge in [-0.05, 0) is 98.2 Å². The molecule has 0 radical (unpaired) electrons. The van der Waals surface area contributed by atoms with Crippen LogP contribution < -0.4 is 24.4 Å². The number of nitrogens with zero attached hydrogens (tertiary/aromatic N) is 1. The summed E-state index contributed by atoms with van der Waals surface area (Å²) in [4.78, 5) is 27.2. The summed E-state index contributed by atoms with van der Waals surface area (Å²) in [5, 5.41) is 2.70. The maximum absolute atomic E-state index is 13.7. The molecule has 1 atom stereocenters.